The second-order valence-electron chi connectivity index (χ2n) is 6.12. The molecule has 0 amide bonds. The summed E-state index contributed by atoms with van der Waals surface area (Å²) in [6, 6.07) is 1.49. The first-order valence-electron chi connectivity index (χ1n) is 8.07. The Hall–Kier alpha value is -1.13. The number of piperazine rings is 1. The zero-order valence-electron chi connectivity index (χ0n) is 14.4. The second kappa shape index (κ2) is 8.05. The zero-order valence-corrected chi connectivity index (χ0v) is 16.0. The topological polar surface area (TPSA) is 92.1 Å². The van der Waals surface area contributed by atoms with Crippen molar-refractivity contribution in [2.45, 2.75) is 24.5 Å². The molecule has 1 atom stereocenters. The summed E-state index contributed by atoms with van der Waals surface area (Å²) in [6.45, 7) is 6.21. The molecule has 0 aromatic carbocycles. The number of hydrogen-bond acceptors (Lipinski definition) is 7. The predicted octanol–water partition coefficient (Wildman–Crippen LogP) is 0.465. The Kier molecular flexibility index (Phi) is 6.50. The van der Waals surface area contributed by atoms with Gasteiger partial charge in [0.25, 0.3) is 10.0 Å². The van der Waals surface area contributed by atoms with Gasteiger partial charge in [-0.05, 0) is 13.3 Å². The van der Waals surface area contributed by atoms with E-state index in [-0.39, 0.29) is 34.9 Å². The van der Waals surface area contributed by atoms with Crippen LogP contribution in [0.25, 0.3) is 0 Å². The molecule has 0 saturated carbocycles. The van der Waals surface area contributed by atoms with Crippen LogP contribution in [0.4, 0.5) is 0 Å². The summed E-state index contributed by atoms with van der Waals surface area (Å²) in [4.78, 5) is 14.0. The molecule has 2 saturated heterocycles. The monoisotopic (exact) mass is 393 g/mol. The van der Waals surface area contributed by atoms with E-state index in [1.165, 1.54) is 17.5 Å². The quantitative estimate of drug-likeness (QED) is 0.743. The highest BCUT2D eigenvalue weighted by Crippen LogP contribution is 2.27. The number of halogens is 1. The molecule has 0 bridgehead atoms. The first-order valence-corrected chi connectivity index (χ1v) is 9.51. The van der Waals surface area contributed by atoms with Crippen molar-refractivity contribution in [2.75, 3.05) is 46.4 Å². The van der Waals surface area contributed by atoms with E-state index in [1.54, 1.807) is 6.92 Å². The van der Waals surface area contributed by atoms with Crippen LogP contribution in [0, 0.1) is 6.92 Å². The number of carbonyl (C=O) groups is 1. The number of hydrogen-bond donors (Lipinski definition) is 1. The van der Waals surface area contributed by atoms with Gasteiger partial charge in [-0.25, -0.2) is 13.2 Å². The van der Waals surface area contributed by atoms with Crippen molar-refractivity contribution < 1.29 is 22.4 Å². The maximum atomic E-state index is 12.8. The zero-order chi connectivity index (χ0) is 17.3. The van der Waals surface area contributed by atoms with Crippen molar-refractivity contribution in [1.29, 1.82) is 0 Å². The van der Waals surface area contributed by atoms with E-state index in [4.69, 9.17) is 4.42 Å². The fourth-order valence-electron chi connectivity index (χ4n) is 3.30. The van der Waals surface area contributed by atoms with E-state index in [2.05, 4.69) is 15.0 Å². The third-order valence-electron chi connectivity index (χ3n) is 4.69. The van der Waals surface area contributed by atoms with Gasteiger partial charge in [-0.3, -0.25) is 4.90 Å². The number of nitrogens with zero attached hydrogens (tertiary/aromatic N) is 2. The molecule has 1 unspecified atom stereocenters. The van der Waals surface area contributed by atoms with Crippen molar-refractivity contribution in [3.05, 3.63) is 17.4 Å². The van der Waals surface area contributed by atoms with Gasteiger partial charge in [0.05, 0.1) is 7.11 Å². The third-order valence-corrected chi connectivity index (χ3v) is 6.41. The van der Waals surface area contributed by atoms with Gasteiger partial charge in [0.1, 0.15) is 11.3 Å². The standard InChI is InChI=1S/C15H23N3O5S.ClH/c1-11-13(15(19)22-2)9-14(23-11)24(20,21)18-6-3-12(10-18)17-7-4-16-5-8-17;/h9,12,16H,3-8,10H2,1-2H3;1H. The third kappa shape index (κ3) is 4.01. The predicted molar refractivity (Wildman–Crippen MR) is 93.6 cm³/mol. The van der Waals surface area contributed by atoms with Crippen molar-refractivity contribution in [1.82, 2.24) is 14.5 Å². The summed E-state index contributed by atoms with van der Waals surface area (Å²) < 4.78 is 37.0. The van der Waals surface area contributed by atoms with Crippen molar-refractivity contribution in [2.24, 2.45) is 0 Å². The molecule has 1 aromatic rings. The average molecular weight is 394 g/mol. The minimum atomic E-state index is -3.74. The molecule has 8 nitrogen and oxygen atoms in total. The number of methoxy groups -OCH3 is 1. The molecular weight excluding hydrogens is 370 g/mol. The van der Waals surface area contributed by atoms with Crippen LogP contribution < -0.4 is 5.32 Å². The second-order valence-corrected chi connectivity index (χ2v) is 7.99. The molecular formula is C15H24ClN3O5S. The van der Waals surface area contributed by atoms with Gasteiger partial charge in [-0.15, -0.1) is 12.4 Å². The largest absolute Gasteiger partial charge is 0.465 e. The lowest BCUT2D eigenvalue weighted by Crippen LogP contribution is -2.49. The molecule has 25 heavy (non-hydrogen) atoms. The first-order chi connectivity index (χ1) is 11.4. The maximum Gasteiger partial charge on any atom is 0.341 e. The Morgan fingerprint density at radius 3 is 2.64 bits per heavy atom. The van der Waals surface area contributed by atoms with Crippen molar-refractivity contribution in [3.8, 4) is 0 Å². The summed E-state index contributed by atoms with van der Waals surface area (Å²) >= 11 is 0. The minimum Gasteiger partial charge on any atom is -0.465 e. The van der Waals surface area contributed by atoms with Crippen LogP contribution >= 0.6 is 12.4 Å². The van der Waals surface area contributed by atoms with Gasteiger partial charge in [0.2, 0.25) is 5.09 Å². The van der Waals surface area contributed by atoms with Gasteiger partial charge in [-0.2, -0.15) is 4.31 Å². The molecule has 2 aliphatic heterocycles. The van der Waals surface area contributed by atoms with Crippen LogP contribution in [0.1, 0.15) is 22.5 Å². The van der Waals surface area contributed by atoms with Gasteiger partial charge in [-0.1, -0.05) is 0 Å². The van der Waals surface area contributed by atoms with Crippen LogP contribution in [0.5, 0.6) is 0 Å². The fraction of sp³-hybridized carbons (Fsp3) is 0.667. The Balaban J connectivity index is 0.00000225. The van der Waals surface area contributed by atoms with E-state index >= 15 is 0 Å². The lowest BCUT2D eigenvalue weighted by molar-refractivity contribution is 0.0598. The SMILES string of the molecule is COC(=O)c1cc(S(=O)(=O)N2CCC(N3CCNCC3)C2)oc1C.Cl. The average Bonchev–Trinajstić information content (AvgIpc) is 3.22. The van der Waals surface area contributed by atoms with E-state index < -0.39 is 16.0 Å². The Morgan fingerprint density at radius 1 is 1.32 bits per heavy atom. The maximum absolute atomic E-state index is 12.8. The summed E-state index contributed by atoms with van der Waals surface area (Å²) in [7, 11) is -2.49. The summed E-state index contributed by atoms with van der Waals surface area (Å²) in [6.07, 6.45) is 0.808. The number of aryl methyl sites for hydroxylation is 1. The number of rotatable bonds is 4. The molecule has 3 rings (SSSR count). The minimum absolute atomic E-state index is 0. The normalized spacial score (nSPS) is 22.6. The Bertz CT molecular complexity index is 715. The van der Waals surface area contributed by atoms with Crippen LogP contribution in [0.3, 0.4) is 0 Å². The van der Waals surface area contributed by atoms with Gasteiger partial charge >= 0.3 is 5.97 Å². The number of esters is 1. The lowest BCUT2D eigenvalue weighted by Gasteiger charge is -2.32. The number of nitrogens with one attached hydrogen (secondary N) is 1. The molecule has 2 fully saturated rings. The first kappa shape index (κ1) is 20.2. The van der Waals surface area contributed by atoms with E-state index in [0.29, 0.717) is 13.1 Å². The van der Waals surface area contributed by atoms with E-state index in [0.717, 1.165) is 32.6 Å². The Morgan fingerprint density at radius 2 is 2.00 bits per heavy atom. The number of ether oxygens (including phenoxy) is 1. The molecule has 1 aromatic heterocycles. The smallest absolute Gasteiger partial charge is 0.341 e. The van der Waals surface area contributed by atoms with Gasteiger partial charge < -0.3 is 14.5 Å². The van der Waals surface area contributed by atoms with Crippen LogP contribution in [0.2, 0.25) is 0 Å². The number of carbonyl (C=O) groups excluding carboxylic acids is 1. The van der Waals surface area contributed by atoms with Crippen molar-refractivity contribution in [3.63, 3.8) is 0 Å². The van der Waals surface area contributed by atoms with Crippen LogP contribution in [0.15, 0.2) is 15.6 Å². The molecule has 10 heteroatoms. The number of furan rings is 1. The molecule has 0 spiro atoms. The molecule has 1 N–H and O–H groups in total. The Labute approximate surface area is 153 Å². The highest BCUT2D eigenvalue weighted by atomic mass is 35.5. The summed E-state index contributed by atoms with van der Waals surface area (Å²) in [5.74, 6) is -0.351. The molecule has 0 aliphatic carbocycles. The highest BCUT2D eigenvalue weighted by molar-refractivity contribution is 7.89. The number of sulfonamides is 1. The summed E-state index contributed by atoms with van der Waals surface area (Å²) in [5.41, 5.74) is 0.147. The molecule has 2 aliphatic rings. The van der Waals surface area contributed by atoms with E-state index in [9.17, 15) is 13.2 Å². The summed E-state index contributed by atoms with van der Waals surface area (Å²) in [5, 5.41) is 3.11. The lowest BCUT2D eigenvalue weighted by atomic mass is 10.2. The van der Waals surface area contributed by atoms with Crippen molar-refractivity contribution >= 4 is 28.4 Å². The van der Waals surface area contributed by atoms with Gasteiger partial charge in [0, 0.05) is 51.4 Å². The van der Waals surface area contributed by atoms with E-state index in [1.807, 2.05) is 0 Å². The highest BCUT2D eigenvalue weighted by Gasteiger charge is 2.37. The van der Waals surface area contributed by atoms with Crippen LogP contribution in [-0.4, -0.2) is 76.0 Å². The fourth-order valence-corrected chi connectivity index (χ4v) is 4.76. The van der Waals surface area contributed by atoms with Crippen LogP contribution in [-0.2, 0) is 14.8 Å². The molecule has 142 valence electrons. The molecule has 0 radical (unpaired) electrons. The molecule has 3 heterocycles. The van der Waals surface area contributed by atoms with Gasteiger partial charge in [0.15, 0.2) is 0 Å².